The van der Waals surface area contributed by atoms with Crippen LogP contribution in [0, 0.1) is 13.8 Å². The highest BCUT2D eigenvalue weighted by molar-refractivity contribution is 14.0. The number of nitrogens with one attached hydrogen (secondary N) is 2. The Morgan fingerprint density at radius 1 is 1.00 bits per heavy atom. The van der Waals surface area contributed by atoms with Crippen LogP contribution in [0.3, 0.4) is 0 Å². The summed E-state index contributed by atoms with van der Waals surface area (Å²) in [7, 11) is 0. The summed E-state index contributed by atoms with van der Waals surface area (Å²) < 4.78 is 2.01. The number of aryl methyl sites for hydroxylation is 2. The van der Waals surface area contributed by atoms with E-state index < -0.39 is 0 Å². The SMILES string of the molecule is CCNC(=NCc1ccccc1-n1nc(C)cc1C)NCCCCN1CCN(CC)CC1.I. The summed E-state index contributed by atoms with van der Waals surface area (Å²) in [5.74, 6) is 0.882. The second-order valence-electron chi connectivity index (χ2n) is 8.57. The summed E-state index contributed by atoms with van der Waals surface area (Å²) in [5, 5.41) is 11.5. The second kappa shape index (κ2) is 14.6. The van der Waals surface area contributed by atoms with Crippen molar-refractivity contribution in [3.05, 3.63) is 47.3 Å². The van der Waals surface area contributed by atoms with Crippen molar-refractivity contribution in [2.24, 2.45) is 4.99 Å². The lowest BCUT2D eigenvalue weighted by molar-refractivity contribution is 0.136. The lowest BCUT2D eigenvalue weighted by Gasteiger charge is -2.34. The summed E-state index contributed by atoms with van der Waals surface area (Å²) >= 11 is 0. The molecule has 1 fully saturated rings. The number of para-hydroxylation sites is 1. The molecule has 3 rings (SSSR count). The van der Waals surface area contributed by atoms with Crippen LogP contribution in [-0.2, 0) is 6.54 Å². The van der Waals surface area contributed by atoms with Gasteiger partial charge in [-0.25, -0.2) is 9.67 Å². The van der Waals surface area contributed by atoms with Crippen LogP contribution in [0.5, 0.6) is 0 Å². The average molecular weight is 568 g/mol. The number of halogens is 1. The number of guanidine groups is 1. The highest BCUT2D eigenvalue weighted by Crippen LogP contribution is 2.17. The van der Waals surface area contributed by atoms with Crippen LogP contribution in [-0.4, -0.2) is 77.9 Å². The lowest BCUT2D eigenvalue weighted by atomic mass is 10.2. The molecule has 0 aliphatic carbocycles. The van der Waals surface area contributed by atoms with E-state index in [-0.39, 0.29) is 24.0 Å². The lowest BCUT2D eigenvalue weighted by Crippen LogP contribution is -2.46. The highest BCUT2D eigenvalue weighted by atomic mass is 127. The van der Waals surface area contributed by atoms with Crippen molar-refractivity contribution in [2.45, 2.75) is 47.1 Å². The number of unbranched alkanes of at least 4 members (excludes halogenated alkanes) is 1. The molecule has 0 amide bonds. The third-order valence-corrected chi connectivity index (χ3v) is 6.09. The van der Waals surface area contributed by atoms with Gasteiger partial charge in [-0.05, 0) is 64.4 Å². The molecule has 2 aromatic rings. The minimum absolute atomic E-state index is 0. The van der Waals surface area contributed by atoms with E-state index in [0.29, 0.717) is 6.54 Å². The van der Waals surface area contributed by atoms with E-state index in [1.54, 1.807) is 0 Å². The summed E-state index contributed by atoms with van der Waals surface area (Å²) in [6, 6.07) is 10.5. The van der Waals surface area contributed by atoms with E-state index in [0.717, 1.165) is 42.5 Å². The van der Waals surface area contributed by atoms with Gasteiger partial charge in [-0.2, -0.15) is 5.10 Å². The van der Waals surface area contributed by atoms with Gasteiger partial charge in [-0.3, -0.25) is 0 Å². The van der Waals surface area contributed by atoms with Crippen LogP contribution in [0.1, 0.15) is 43.6 Å². The first kappa shape index (κ1) is 27.6. The summed E-state index contributed by atoms with van der Waals surface area (Å²) in [4.78, 5) is 9.98. The fraction of sp³-hybridized carbons (Fsp3) is 0.600. The second-order valence-corrected chi connectivity index (χ2v) is 8.57. The maximum atomic E-state index is 4.85. The van der Waals surface area contributed by atoms with Gasteiger partial charge in [0, 0.05) is 45.0 Å². The van der Waals surface area contributed by atoms with E-state index in [1.165, 1.54) is 51.3 Å². The largest absolute Gasteiger partial charge is 0.357 e. The standard InChI is InChI=1S/C25H41N7.HI/c1-5-26-25(27-13-9-10-14-31-17-15-30(6-2)16-18-31)28-20-23-11-7-8-12-24(23)32-22(4)19-21(3)29-32;/h7-8,11-12,19H,5-6,9-10,13-18,20H2,1-4H3,(H2,26,27,28);1H. The third kappa shape index (κ3) is 8.57. The van der Waals surface area contributed by atoms with Crippen LogP contribution in [0.25, 0.3) is 5.69 Å². The zero-order chi connectivity index (χ0) is 22.8. The van der Waals surface area contributed by atoms with Gasteiger partial charge < -0.3 is 20.4 Å². The Morgan fingerprint density at radius 3 is 2.39 bits per heavy atom. The number of aromatic nitrogens is 2. The molecule has 0 bridgehead atoms. The predicted molar refractivity (Wildman–Crippen MR) is 149 cm³/mol. The quantitative estimate of drug-likeness (QED) is 0.199. The topological polar surface area (TPSA) is 60.7 Å². The number of nitrogens with zero attached hydrogens (tertiary/aromatic N) is 5. The molecular weight excluding hydrogens is 525 g/mol. The van der Waals surface area contributed by atoms with Gasteiger partial charge in [-0.1, -0.05) is 25.1 Å². The van der Waals surface area contributed by atoms with Gasteiger partial charge >= 0.3 is 0 Å². The minimum Gasteiger partial charge on any atom is -0.357 e. The Labute approximate surface area is 217 Å². The number of rotatable bonds is 10. The fourth-order valence-electron chi connectivity index (χ4n) is 4.23. The number of benzene rings is 1. The Hall–Kier alpha value is -1.65. The third-order valence-electron chi connectivity index (χ3n) is 6.09. The van der Waals surface area contributed by atoms with Crippen molar-refractivity contribution in [3.63, 3.8) is 0 Å². The van der Waals surface area contributed by atoms with E-state index in [2.05, 4.69) is 76.6 Å². The van der Waals surface area contributed by atoms with Crippen molar-refractivity contribution in [1.29, 1.82) is 0 Å². The molecule has 1 aromatic heterocycles. The Bertz CT molecular complexity index is 856. The summed E-state index contributed by atoms with van der Waals surface area (Å²) in [6.07, 6.45) is 2.38. The molecule has 8 heteroatoms. The van der Waals surface area contributed by atoms with Gasteiger partial charge in [0.05, 0.1) is 17.9 Å². The number of likely N-dealkylation sites (N-methyl/N-ethyl adjacent to an activating group) is 1. The maximum absolute atomic E-state index is 4.85. The molecular formula is C25H42IN7. The Morgan fingerprint density at radius 2 is 1.73 bits per heavy atom. The zero-order valence-corrected chi connectivity index (χ0v) is 23.1. The van der Waals surface area contributed by atoms with Gasteiger partial charge in [0.25, 0.3) is 0 Å². The minimum atomic E-state index is 0. The van der Waals surface area contributed by atoms with Crippen LogP contribution < -0.4 is 10.6 Å². The first-order valence-corrected chi connectivity index (χ1v) is 12.2. The molecule has 1 aliphatic heterocycles. The van der Waals surface area contributed by atoms with Gasteiger partial charge in [0.15, 0.2) is 5.96 Å². The first-order chi connectivity index (χ1) is 15.6. The molecule has 1 saturated heterocycles. The number of piperazine rings is 1. The molecule has 2 heterocycles. The van der Waals surface area contributed by atoms with Gasteiger partial charge in [0.1, 0.15) is 0 Å². The summed E-state index contributed by atoms with van der Waals surface area (Å²) in [6.45, 7) is 18.1. The number of hydrogen-bond donors (Lipinski definition) is 2. The van der Waals surface area contributed by atoms with Crippen molar-refractivity contribution in [3.8, 4) is 5.69 Å². The summed E-state index contributed by atoms with van der Waals surface area (Å²) in [5.41, 5.74) is 4.44. The predicted octanol–water partition coefficient (Wildman–Crippen LogP) is 3.58. The van der Waals surface area contributed by atoms with Crippen molar-refractivity contribution in [1.82, 2.24) is 30.2 Å². The van der Waals surface area contributed by atoms with Crippen molar-refractivity contribution >= 4 is 29.9 Å². The molecule has 2 N–H and O–H groups in total. The smallest absolute Gasteiger partial charge is 0.191 e. The van der Waals surface area contributed by atoms with Crippen molar-refractivity contribution < 1.29 is 0 Å². The van der Waals surface area contributed by atoms with E-state index in [1.807, 2.05) is 11.6 Å². The average Bonchev–Trinajstić information content (AvgIpc) is 3.15. The highest BCUT2D eigenvalue weighted by Gasteiger charge is 2.14. The number of hydrogen-bond acceptors (Lipinski definition) is 4. The number of aliphatic imine (C=N–C) groups is 1. The molecule has 0 unspecified atom stereocenters. The normalized spacial score (nSPS) is 15.3. The molecule has 0 radical (unpaired) electrons. The molecule has 0 saturated carbocycles. The van der Waals surface area contributed by atoms with E-state index >= 15 is 0 Å². The molecule has 184 valence electrons. The van der Waals surface area contributed by atoms with E-state index in [9.17, 15) is 0 Å². The van der Waals surface area contributed by atoms with Crippen LogP contribution >= 0.6 is 24.0 Å². The molecule has 0 atom stereocenters. The van der Waals surface area contributed by atoms with E-state index in [4.69, 9.17) is 4.99 Å². The monoisotopic (exact) mass is 567 g/mol. The van der Waals surface area contributed by atoms with Gasteiger partial charge in [-0.15, -0.1) is 24.0 Å². The molecule has 33 heavy (non-hydrogen) atoms. The molecule has 7 nitrogen and oxygen atoms in total. The fourth-order valence-corrected chi connectivity index (χ4v) is 4.23. The molecule has 1 aliphatic rings. The first-order valence-electron chi connectivity index (χ1n) is 12.2. The Balaban J connectivity index is 0.00000385. The Kier molecular flexibility index (Phi) is 12.2. The van der Waals surface area contributed by atoms with Crippen molar-refractivity contribution in [2.75, 3.05) is 52.4 Å². The molecule has 1 aromatic carbocycles. The van der Waals surface area contributed by atoms with Crippen LogP contribution in [0.4, 0.5) is 0 Å². The zero-order valence-electron chi connectivity index (χ0n) is 20.8. The molecule has 0 spiro atoms. The van der Waals surface area contributed by atoms with Crippen LogP contribution in [0.15, 0.2) is 35.3 Å². The maximum Gasteiger partial charge on any atom is 0.191 e. The van der Waals surface area contributed by atoms with Crippen LogP contribution in [0.2, 0.25) is 0 Å². The van der Waals surface area contributed by atoms with Gasteiger partial charge in [0.2, 0.25) is 0 Å².